The predicted octanol–water partition coefficient (Wildman–Crippen LogP) is 3.81. The van der Waals surface area contributed by atoms with Crippen molar-refractivity contribution in [3.05, 3.63) is 48.3 Å². The van der Waals surface area contributed by atoms with Crippen molar-refractivity contribution in [1.82, 2.24) is 19.3 Å². The Balaban J connectivity index is 1.68. The van der Waals surface area contributed by atoms with E-state index in [4.69, 9.17) is 4.98 Å². The van der Waals surface area contributed by atoms with Gasteiger partial charge in [-0.15, -0.1) is 0 Å². The van der Waals surface area contributed by atoms with Gasteiger partial charge in [-0.05, 0) is 49.2 Å². The van der Waals surface area contributed by atoms with Gasteiger partial charge in [0.1, 0.15) is 11.5 Å². The van der Waals surface area contributed by atoms with Crippen LogP contribution in [0.4, 0.5) is 5.82 Å². The summed E-state index contributed by atoms with van der Waals surface area (Å²) in [7, 11) is 2.16. The van der Waals surface area contributed by atoms with Crippen molar-refractivity contribution >= 4 is 11.5 Å². The molecule has 0 aliphatic carbocycles. The number of nitrogens with one attached hydrogen (secondary N) is 1. The van der Waals surface area contributed by atoms with E-state index in [-0.39, 0.29) is 5.41 Å². The van der Waals surface area contributed by atoms with E-state index in [1.165, 1.54) is 5.56 Å². The summed E-state index contributed by atoms with van der Waals surface area (Å²) in [5.74, 6) is 0.935. The Labute approximate surface area is 155 Å². The van der Waals surface area contributed by atoms with E-state index in [2.05, 4.69) is 77.9 Å². The van der Waals surface area contributed by atoms with Gasteiger partial charge in [-0.2, -0.15) is 0 Å². The van der Waals surface area contributed by atoms with Crippen molar-refractivity contribution in [2.24, 2.45) is 0 Å². The molecule has 1 N–H and O–H groups in total. The summed E-state index contributed by atoms with van der Waals surface area (Å²) in [4.78, 5) is 11.8. The number of rotatable bonds is 3. The van der Waals surface area contributed by atoms with Gasteiger partial charge in [-0.3, -0.25) is 4.40 Å². The number of likely N-dealkylation sites (tertiary alicyclic amines) is 1. The van der Waals surface area contributed by atoms with Gasteiger partial charge in [0.25, 0.3) is 0 Å². The van der Waals surface area contributed by atoms with Crippen LogP contribution in [0.15, 0.2) is 42.7 Å². The van der Waals surface area contributed by atoms with E-state index in [1.807, 2.05) is 12.3 Å². The number of likely N-dealkylation sites (N-methyl/N-ethyl adjacent to an activating group) is 1. The molecule has 0 amide bonds. The molecule has 3 aromatic rings. The monoisotopic (exact) mass is 349 g/mol. The third kappa shape index (κ3) is 3.31. The van der Waals surface area contributed by atoms with Gasteiger partial charge in [-0.1, -0.05) is 32.9 Å². The molecule has 1 saturated heterocycles. The minimum atomic E-state index is 0.0983. The number of nitrogens with zero attached hydrogens (tertiary/aromatic N) is 4. The quantitative estimate of drug-likeness (QED) is 0.781. The first-order valence-corrected chi connectivity index (χ1v) is 9.30. The minimum Gasteiger partial charge on any atom is -0.366 e. The maximum absolute atomic E-state index is 4.86. The predicted molar refractivity (Wildman–Crippen MR) is 107 cm³/mol. The number of hydrogen-bond acceptors (Lipinski definition) is 4. The minimum absolute atomic E-state index is 0.0983. The summed E-state index contributed by atoms with van der Waals surface area (Å²) in [6.45, 7) is 8.89. The third-order valence-electron chi connectivity index (χ3n) is 5.13. The largest absolute Gasteiger partial charge is 0.366 e. The van der Waals surface area contributed by atoms with Crippen LogP contribution in [0.5, 0.6) is 0 Å². The molecule has 0 bridgehead atoms. The lowest BCUT2D eigenvalue weighted by atomic mass is 9.88. The maximum atomic E-state index is 4.86. The zero-order valence-corrected chi connectivity index (χ0v) is 16.0. The zero-order chi connectivity index (χ0) is 18.3. The number of pyridine rings is 2. The first-order valence-electron chi connectivity index (χ1n) is 9.30. The summed E-state index contributed by atoms with van der Waals surface area (Å²) in [5, 5.41) is 3.57. The zero-order valence-electron chi connectivity index (χ0n) is 16.0. The molecular weight excluding hydrogens is 322 g/mol. The third-order valence-corrected chi connectivity index (χ3v) is 5.13. The molecule has 1 aliphatic heterocycles. The van der Waals surface area contributed by atoms with Crippen molar-refractivity contribution in [1.29, 1.82) is 0 Å². The molecule has 1 atom stereocenters. The lowest BCUT2D eigenvalue weighted by Crippen LogP contribution is -2.23. The molecule has 1 fully saturated rings. The van der Waals surface area contributed by atoms with Crippen LogP contribution in [0.2, 0.25) is 0 Å². The van der Waals surface area contributed by atoms with E-state index in [1.54, 1.807) is 0 Å². The van der Waals surface area contributed by atoms with E-state index in [9.17, 15) is 0 Å². The fourth-order valence-corrected chi connectivity index (χ4v) is 3.53. The molecule has 3 aromatic heterocycles. The van der Waals surface area contributed by atoms with Crippen LogP contribution < -0.4 is 5.32 Å². The lowest BCUT2D eigenvalue weighted by molar-refractivity contribution is 0.414. The smallest absolute Gasteiger partial charge is 0.137 e. The molecule has 4 rings (SSSR count). The summed E-state index contributed by atoms with van der Waals surface area (Å²) in [6.07, 6.45) is 5.26. The molecule has 26 heavy (non-hydrogen) atoms. The molecule has 1 unspecified atom stereocenters. The Morgan fingerprint density at radius 3 is 2.73 bits per heavy atom. The standard InChI is InChI=1S/C21H27N5/c1-21(2,3)15-8-9-20-22-12-18(26(20)13-15)17-6-5-7-19(24-17)23-16-10-11-25(4)14-16/h5-9,12-13,16H,10-11,14H2,1-4H3,(H,23,24). The highest BCUT2D eigenvalue weighted by molar-refractivity contribution is 5.62. The van der Waals surface area contributed by atoms with Crippen molar-refractivity contribution in [3.63, 3.8) is 0 Å². The highest BCUT2D eigenvalue weighted by atomic mass is 15.2. The number of anilines is 1. The highest BCUT2D eigenvalue weighted by Crippen LogP contribution is 2.26. The fraction of sp³-hybridized carbons (Fsp3) is 0.429. The molecule has 0 saturated carbocycles. The van der Waals surface area contributed by atoms with Crippen molar-refractivity contribution < 1.29 is 0 Å². The number of aromatic nitrogens is 3. The maximum Gasteiger partial charge on any atom is 0.137 e. The average molecular weight is 349 g/mol. The Hall–Kier alpha value is -2.40. The molecule has 5 heteroatoms. The molecule has 0 spiro atoms. The Morgan fingerprint density at radius 1 is 1.15 bits per heavy atom. The van der Waals surface area contributed by atoms with Gasteiger partial charge in [0.2, 0.25) is 0 Å². The van der Waals surface area contributed by atoms with E-state index in [0.29, 0.717) is 6.04 Å². The molecule has 1 aliphatic rings. The Kier molecular flexibility index (Phi) is 4.19. The van der Waals surface area contributed by atoms with Crippen LogP contribution in [-0.2, 0) is 5.41 Å². The Bertz CT molecular complexity index is 922. The molecule has 0 radical (unpaired) electrons. The first kappa shape index (κ1) is 17.0. The second kappa shape index (κ2) is 6.40. The first-order chi connectivity index (χ1) is 12.4. The molecule has 136 valence electrons. The van der Waals surface area contributed by atoms with Crippen LogP contribution in [0.3, 0.4) is 0 Å². The normalized spacial score (nSPS) is 18.5. The van der Waals surface area contributed by atoms with Crippen molar-refractivity contribution in [2.75, 3.05) is 25.5 Å². The SMILES string of the molecule is CN1CCC(Nc2cccc(-c3cnc4ccc(C(C)(C)C)cn34)n2)C1. The fourth-order valence-electron chi connectivity index (χ4n) is 3.53. The van der Waals surface area contributed by atoms with Crippen LogP contribution in [-0.4, -0.2) is 45.4 Å². The summed E-state index contributed by atoms with van der Waals surface area (Å²) in [5.41, 5.74) is 4.30. The van der Waals surface area contributed by atoms with Crippen LogP contribution in [0, 0.1) is 0 Å². The highest BCUT2D eigenvalue weighted by Gasteiger charge is 2.20. The molecular formula is C21H27N5. The van der Waals surface area contributed by atoms with Crippen LogP contribution in [0.1, 0.15) is 32.8 Å². The number of fused-ring (bicyclic) bond motifs is 1. The number of imidazole rings is 1. The van der Waals surface area contributed by atoms with Crippen LogP contribution >= 0.6 is 0 Å². The summed E-state index contributed by atoms with van der Waals surface area (Å²) >= 11 is 0. The van der Waals surface area contributed by atoms with Gasteiger partial charge in [0.05, 0.1) is 17.6 Å². The van der Waals surface area contributed by atoms with E-state index in [0.717, 1.165) is 42.4 Å². The Morgan fingerprint density at radius 2 is 2.00 bits per heavy atom. The number of hydrogen-bond donors (Lipinski definition) is 1. The van der Waals surface area contributed by atoms with Crippen molar-refractivity contribution in [3.8, 4) is 11.4 Å². The van der Waals surface area contributed by atoms with Crippen LogP contribution in [0.25, 0.3) is 17.0 Å². The lowest BCUT2D eigenvalue weighted by Gasteiger charge is -2.19. The summed E-state index contributed by atoms with van der Waals surface area (Å²) in [6, 6.07) is 10.9. The second-order valence-electron chi connectivity index (χ2n) is 8.34. The topological polar surface area (TPSA) is 45.5 Å². The van der Waals surface area contributed by atoms with Gasteiger partial charge in [0, 0.05) is 18.8 Å². The summed E-state index contributed by atoms with van der Waals surface area (Å²) < 4.78 is 2.15. The van der Waals surface area contributed by atoms with Gasteiger partial charge >= 0.3 is 0 Å². The second-order valence-corrected chi connectivity index (χ2v) is 8.34. The van der Waals surface area contributed by atoms with Gasteiger partial charge in [0.15, 0.2) is 0 Å². The van der Waals surface area contributed by atoms with Crippen molar-refractivity contribution in [2.45, 2.75) is 38.6 Å². The molecule has 0 aromatic carbocycles. The molecule has 5 nitrogen and oxygen atoms in total. The average Bonchev–Trinajstić information content (AvgIpc) is 3.20. The molecule has 4 heterocycles. The van der Waals surface area contributed by atoms with E-state index < -0.39 is 0 Å². The van der Waals surface area contributed by atoms with Gasteiger partial charge in [-0.25, -0.2) is 9.97 Å². The van der Waals surface area contributed by atoms with Gasteiger partial charge < -0.3 is 10.2 Å². The van der Waals surface area contributed by atoms with E-state index >= 15 is 0 Å².